The lowest BCUT2D eigenvalue weighted by molar-refractivity contribution is -0.0999. The quantitative estimate of drug-likeness (QED) is 0.357. The molecule has 0 saturated heterocycles. The predicted octanol–water partition coefficient (Wildman–Crippen LogP) is 6.48. The van der Waals surface area contributed by atoms with E-state index < -0.39 is 18.2 Å². The zero-order valence-electron chi connectivity index (χ0n) is 15.8. The first-order chi connectivity index (χ1) is 14.3. The maximum atomic E-state index is 14.2. The molecule has 4 rings (SSSR count). The third-order valence-electron chi connectivity index (χ3n) is 5.09. The van der Waals surface area contributed by atoms with Crippen LogP contribution < -0.4 is 5.32 Å². The lowest BCUT2D eigenvalue weighted by Crippen LogP contribution is -2.20. The number of aliphatic hydroxyl groups excluding tert-OH is 1. The Hall–Kier alpha value is -2.51. The van der Waals surface area contributed by atoms with E-state index in [4.69, 9.17) is 0 Å². The molecule has 0 radical (unpaired) electrons. The summed E-state index contributed by atoms with van der Waals surface area (Å²) in [5.74, 6) is -0.477. The molecule has 1 atom stereocenters. The average molecular weight is 433 g/mol. The SMILES string of the molecule is OC(c1ccc2c(c1)CCC2)c1ccc(NC(F)(F)F)cc1Sc1ccccc1F. The zero-order valence-corrected chi connectivity index (χ0v) is 16.7. The molecule has 3 aromatic rings. The molecule has 156 valence electrons. The first-order valence-electron chi connectivity index (χ1n) is 9.51. The number of hydrogen-bond donors (Lipinski definition) is 2. The topological polar surface area (TPSA) is 32.3 Å². The fourth-order valence-electron chi connectivity index (χ4n) is 3.68. The van der Waals surface area contributed by atoms with Crippen LogP contribution in [0, 0.1) is 5.82 Å². The molecule has 0 fully saturated rings. The number of anilines is 1. The molecule has 0 heterocycles. The van der Waals surface area contributed by atoms with E-state index >= 15 is 0 Å². The van der Waals surface area contributed by atoms with Gasteiger partial charge in [-0.05, 0) is 65.8 Å². The van der Waals surface area contributed by atoms with Gasteiger partial charge in [0.25, 0.3) is 0 Å². The van der Waals surface area contributed by atoms with Crippen LogP contribution in [0.1, 0.15) is 34.8 Å². The molecule has 1 aliphatic carbocycles. The second-order valence-electron chi connectivity index (χ2n) is 7.19. The Morgan fingerprint density at radius 3 is 2.43 bits per heavy atom. The molecule has 2 nitrogen and oxygen atoms in total. The minimum absolute atomic E-state index is 0.175. The van der Waals surface area contributed by atoms with Crippen LogP contribution in [-0.2, 0) is 12.8 Å². The second-order valence-corrected chi connectivity index (χ2v) is 8.28. The molecule has 2 N–H and O–H groups in total. The van der Waals surface area contributed by atoms with Crippen molar-refractivity contribution in [2.75, 3.05) is 5.32 Å². The highest BCUT2D eigenvalue weighted by molar-refractivity contribution is 7.99. The highest BCUT2D eigenvalue weighted by atomic mass is 32.2. The van der Waals surface area contributed by atoms with Crippen LogP contribution in [-0.4, -0.2) is 11.4 Å². The Labute approximate surface area is 175 Å². The average Bonchev–Trinajstić information content (AvgIpc) is 3.16. The van der Waals surface area contributed by atoms with Crippen molar-refractivity contribution < 1.29 is 22.7 Å². The minimum Gasteiger partial charge on any atom is -0.384 e. The first kappa shape index (κ1) is 20.8. The van der Waals surface area contributed by atoms with Crippen molar-refractivity contribution in [2.45, 2.75) is 41.5 Å². The summed E-state index contributed by atoms with van der Waals surface area (Å²) < 4.78 is 52.5. The summed E-state index contributed by atoms with van der Waals surface area (Å²) in [5, 5.41) is 12.5. The third kappa shape index (κ3) is 4.63. The van der Waals surface area contributed by atoms with Gasteiger partial charge < -0.3 is 5.11 Å². The van der Waals surface area contributed by atoms with Crippen molar-refractivity contribution in [3.63, 3.8) is 0 Å². The Bertz CT molecular complexity index is 1070. The monoisotopic (exact) mass is 433 g/mol. The molecule has 0 aromatic heterocycles. The number of aryl methyl sites for hydroxylation is 2. The summed E-state index contributed by atoms with van der Waals surface area (Å²) in [6.07, 6.45) is -2.61. The number of hydrogen-bond acceptors (Lipinski definition) is 3. The van der Waals surface area contributed by atoms with Crippen molar-refractivity contribution in [3.05, 3.63) is 88.7 Å². The van der Waals surface area contributed by atoms with E-state index in [-0.39, 0.29) is 10.6 Å². The van der Waals surface area contributed by atoms with Crippen LogP contribution in [0.15, 0.2) is 70.5 Å². The van der Waals surface area contributed by atoms with Crippen molar-refractivity contribution in [1.82, 2.24) is 0 Å². The number of fused-ring (bicyclic) bond motifs is 1. The molecule has 7 heteroatoms. The molecule has 0 bridgehead atoms. The van der Waals surface area contributed by atoms with E-state index in [1.54, 1.807) is 18.2 Å². The van der Waals surface area contributed by atoms with Gasteiger partial charge in [-0.2, -0.15) is 13.2 Å². The van der Waals surface area contributed by atoms with Gasteiger partial charge in [-0.25, -0.2) is 4.39 Å². The van der Waals surface area contributed by atoms with E-state index in [9.17, 15) is 22.7 Å². The Morgan fingerprint density at radius 2 is 1.67 bits per heavy atom. The van der Waals surface area contributed by atoms with E-state index in [0.29, 0.717) is 16.0 Å². The molecule has 0 saturated carbocycles. The summed E-state index contributed by atoms with van der Waals surface area (Å²) in [5.41, 5.74) is 3.37. The van der Waals surface area contributed by atoms with Gasteiger partial charge in [0.15, 0.2) is 0 Å². The van der Waals surface area contributed by atoms with Gasteiger partial charge in [0, 0.05) is 15.5 Å². The first-order valence-corrected chi connectivity index (χ1v) is 10.3. The molecule has 1 aliphatic rings. The Balaban J connectivity index is 1.73. The van der Waals surface area contributed by atoms with Crippen LogP contribution >= 0.6 is 11.8 Å². The van der Waals surface area contributed by atoms with Crippen LogP contribution in [0.5, 0.6) is 0 Å². The fraction of sp³-hybridized carbons (Fsp3) is 0.217. The summed E-state index contributed by atoms with van der Waals surface area (Å²) in [6, 6.07) is 15.8. The standard InChI is InChI=1S/C23H19F4NOS/c24-19-6-1-2-7-20(19)30-21-13-17(28-23(25,26)27)10-11-18(21)22(29)16-9-8-14-4-3-5-15(14)12-16/h1-2,6-13,22,28-29H,3-5H2. The van der Waals surface area contributed by atoms with E-state index in [2.05, 4.69) is 0 Å². The van der Waals surface area contributed by atoms with Crippen molar-refractivity contribution >= 4 is 17.4 Å². The van der Waals surface area contributed by atoms with Crippen LogP contribution in [0.2, 0.25) is 0 Å². The largest absolute Gasteiger partial charge is 0.482 e. The maximum Gasteiger partial charge on any atom is 0.482 e. The second kappa shape index (κ2) is 8.32. The Morgan fingerprint density at radius 1 is 0.900 bits per heavy atom. The summed E-state index contributed by atoms with van der Waals surface area (Å²) in [7, 11) is 0. The normalized spacial score (nSPS) is 14.4. The van der Waals surface area contributed by atoms with Crippen LogP contribution in [0.4, 0.5) is 23.2 Å². The molecule has 30 heavy (non-hydrogen) atoms. The molecular formula is C23H19F4NOS. The molecule has 0 spiro atoms. The smallest absolute Gasteiger partial charge is 0.384 e. The highest BCUT2D eigenvalue weighted by Crippen LogP contribution is 2.39. The van der Waals surface area contributed by atoms with E-state index in [0.717, 1.165) is 31.0 Å². The number of rotatable bonds is 5. The number of alkyl halides is 3. The van der Waals surface area contributed by atoms with Crippen molar-refractivity contribution in [3.8, 4) is 0 Å². The lowest BCUT2D eigenvalue weighted by atomic mass is 9.97. The van der Waals surface area contributed by atoms with Gasteiger partial charge in [0.05, 0.1) is 0 Å². The molecule has 0 aliphatic heterocycles. The predicted molar refractivity (Wildman–Crippen MR) is 109 cm³/mol. The van der Waals surface area contributed by atoms with Gasteiger partial charge >= 0.3 is 6.30 Å². The van der Waals surface area contributed by atoms with Crippen molar-refractivity contribution in [1.29, 1.82) is 0 Å². The third-order valence-corrected chi connectivity index (χ3v) is 6.21. The molecular weight excluding hydrogens is 414 g/mol. The summed E-state index contributed by atoms with van der Waals surface area (Å²) in [6.45, 7) is 0. The van der Waals surface area contributed by atoms with Gasteiger partial charge in [-0.15, -0.1) is 0 Å². The Kier molecular flexibility index (Phi) is 5.75. The lowest BCUT2D eigenvalue weighted by Gasteiger charge is -2.19. The number of halogens is 4. The maximum absolute atomic E-state index is 14.2. The van der Waals surface area contributed by atoms with Gasteiger partial charge in [0.1, 0.15) is 11.9 Å². The molecule has 3 aromatic carbocycles. The van der Waals surface area contributed by atoms with Gasteiger partial charge in [0.2, 0.25) is 0 Å². The van der Waals surface area contributed by atoms with Crippen molar-refractivity contribution in [2.24, 2.45) is 0 Å². The van der Waals surface area contributed by atoms with Gasteiger partial charge in [-0.1, -0.05) is 48.2 Å². The fourth-order valence-corrected chi connectivity index (χ4v) is 4.71. The zero-order chi connectivity index (χ0) is 21.3. The number of benzene rings is 3. The minimum atomic E-state index is -4.60. The van der Waals surface area contributed by atoms with E-state index in [1.807, 2.05) is 18.2 Å². The van der Waals surface area contributed by atoms with Crippen LogP contribution in [0.25, 0.3) is 0 Å². The summed E-state index contributed by atoms with van der Waals surface area (Å²) >= 11 is 0.987. The number of nitrogens with one attached hydrogen (secondary N) is 1. The highest BCUT2D eigenvalue weighted by Gasteiger charge is 2.28. The molecule has 0 amide bonds. The molecule has 1 unspecified atom stereocenters. The summed E-state index contributed by atoms with van der Waals surface area (Å²) in [4.78, 5) is 0.617. The van der Waals surface area contributed by atoms with Crippen LogP contribution in [0.3, 0.4) is 0 Å². The van der Waals surface area contributed by atoms with E-state index in [1.165, 1.54) is 40.7 Å². The number of aliphatic hydroxyl groups is 1. The van der Waals surface area contributed by atoms with Gasteiger partial charge in [-0.3, -0.25) is 5.32 Å².